The maximum atomic E-state index is 12.7. The van der Waals surface area contributed by atoms with Crippen molar-refractivity contribution < 1.29 is 33.2 Å². The molecule has 0 spiro atoms. The van der Waals surface area contributed by atoms with Gasteiger partial charge >= 0.3 is 6.03 Å². The summed E-state index contributed by atoms with van der Waals surface area (Å²) in [7, 11) is 1.57. The Balaban J connectivity index is 1.48. The third-order valence-electron chi connectivity index (χ3n) is 5.11. The first kappa shape index (κ1) is 20.4. The predicted molar refractivity (Wildman–Crippen MR) is 103 cm³/mol. The summed E-state index contributed by atoms with van der Waals surface area (Å²) < 4.78 is 34.8. The van der Waals surface area contributed by atoms with Crippen molar-refractivity contribution in [2.45, 2.75) is 69.9 Å². The molecular formula is C20H28N2O7. The van der Waals surface area contributed by atoms with E-state index < -0.39 is 36.1 Å². The van der Waals surface area contributed by atoms with Gasteiger partial charge in [0.15, 0.2) is 17.9 Å². The van der Waals surface area contributed by atoms with E-state index in [2.05, 4.69) is 10.6 Å². The third kappa shape index (κ3) is 4.34. The maximum absolute atomic E-state index is 12.7. The molecule has 0 aromatic heterocycles. The molecule has 3 fully saturated rings. The van der Waals surface area contributed by atoms with Crippen LogP contribution < -0.4 is 15.4 Å². The molecular weight excluding hydrogens is 380 g/mol. The molecule has 0 aliphatic carbocycles. The topological polar surface area (TPSA) is 96.5 Å². The Morgan fingerprint density at radius 1 is 1.10 bits per heavy atom. The zero-order valence-corrected chi connectivity index (χ0v) is 17.3. The highest BCUT2D eigenvalue weighted by Crippen LogP contribution is 2.40. The molecule has 3 aliphatic heterocycles. The van der Waals surface area contributed by atoms with Crippen molar-refractivity contribution in [2.24, 2.45) is 0 Å². The number of carbonyl (C=O) groups excluding carboxylic acids is 1. The Morgan fingerprint density at radius 2 is 1.90 bits per heavy atom. The van der Waals surface area contributed by atoms with E-state index in [1.54, 1.807) is 31.4 Å². The van der Waals surface area contributed by atoms with Gasteiger partial charge < -0.3 is 39.1 Å². The summed E-state index contributed by atoms with van der Waals surface area (Å²) in [5, 5.41) is 5.79. The van der Waals surface area contributed by atoms with Gasteiger partial charge in [0.1, 0.15) is 24.1 Å². The van der Waals surface area contributed by atoms with Crippen molar-refractivity contribution in [2.75, 3.05) is 19.0 Å². The number of hydrogen-bond acceptors (Lipinski definition) is 7. The second kappa shape index (κ2) is 7.41. The van der Waals surface area contributed by atoms with E-state index in [4.69, 9.17) is 28.4 Å². The monoisotopic (exact) mass is 408 g/mol. The Hall–Kier alpha value is -1.91. The lowest BCUT2D eigenvalue weighted by Crippen LogP contribution is -2.53. The molecule has 0 unspecified atom stereocenters. The molecule has 3 aliphatic rings. The van der Waals surface area contributed by atoms with Crippen LogP contribution in [0.1, 0.15) is 27.7 Å². The van der Waals surface area contributed by atoms with E-state index in [-0.39, 0.29) is 12.1 Å². The van der Waals surface area contributed by atoms with Crippen molar-refractivity contribution in [3.05, 3.63) is 24.3 Å². The number of urea groups is 1. The molecule has 29 heavy (non-hydrogen) atoms. The van der Waals surface area contributed by atoms with Crippen LogP contribution in [-0.2, 0) is 23.7 Å². The molecule has 0 radical (unpaired) electrons. The summed E-state index contributed by atoms with van der Waals surface area (Å²) in [5.74, 6) is -0.853. The van der Waals surface area contributed by atoms with Gasteiger partial charge in [0.2, 0.25) is 0 Å². The highest BCUT2D eigenvalue weighted by Gasteiger charge is 2.58. The molecule has 4 rings (SSSR count). The fraction of sp³-hybridized carbons (Fsp3) is 0.650. The standard InChI is InChI=1S/C20H28N2O7/c1-19(2)25-10-13(27-19)15-14(16-17(26-15)29-20(3,4)28-16)22-18(23)21-11-7-6-8-12(9-11)24-5/h6-9,13-17H,10H2,1-5H3,(H2,21,22,23)/t13-,14-,15-,16-,17-/m1/s1. The number of nitrogens with one attached hydrogen (secondary N) is 2. The second-order valence-electron chi connectivity index (χ2n) is 8.29. The number of hydrogen-bond donors (Lipinski definition) is 2. The molecule has 160 valence electrons. The van der Waals surface area contributed by atoms with Crippen molar-refractivity contribution >= 4 is 11.7 Å². The number of amides is 2. The van der Waals surface area contributed by atoms with E-state index in [1.165, 1.54) is 0 Å². The van der Waals surface area contributed by atoms with Gasteiger partial charge in [0.25, 0.3) is 0 Å². The summed E-state index contributed by atoms with van der Waals surface area (Å²) >= 11 is 0. The first-order valence-corrected chi connectivity index (χ1v) is 9.70. The Morgan fingerprint density at radius 3 is 2.59 bits per heavy atom. The first-order valence-electron chi connectivity index (χ1n) is 9.70. The Labute approximate surface area is 169 Å². The highest BCUT2D eigenvalue weighted by molar-refractivity contribution is 5.89. The molecule has 9 nitrogen and oxygen atoms in total. The minimum atomic E-state index is -0.796. The molecule has 5 atom stereocenters. The number of ether oxygens (including phenoxy) is 6. The van der Waals surface area contributed by atoms with Gasteiger partial charge in [-0.25, -0.2) is 4.79 Å². The van der Waals surface area contributed by atoms with E-state index in [9.17, 15) is 4.79 Å². The van der Waals surface area contributed by atoms with E-state index in [1.807, 2.05) is 27.7 Å². The molecule has 9 heteroatoms. The average Bonchev–Trinajstić information content (AvgIpc) is 3.25. The van der Waals surface area contributed by atoms with E-state index >= 15 is 0 Å². The van der Waals surface area contributed by atoms with Crippen LogP contribution in [0.5, 0.6) is 5.75 Å². The normalized spacial score (nSPS) is 34.6. The number of benzene rings is 1. The zero-order chi connectivity index (χ0) is 20.8. The summed E-state index contributed by atoms with van der Waals surface area (Å²) in [6, 6.07) is 6.26. The number of anilines is 1. The molecule has 3 heterocycles. The summed E-state index contributed by atoms with van der Waals surface area (Å²) in [5.41, 5.74) is 0.611. The van der Waals surface area contributed by atoms with Gasteiger partial charge in [0.05, 0.1) is 19.8 Å². The van der Waals surface area contributed by atoms with Crippen LogP contribution in [0.4, 0.5) is 10.5 Å². The predicted octanol–water partition coefficient (Wildman–Crippen LogP) is 2.21. The molecule has 0 bridgehead atoms. The van der Waals surface area contributed by atoms with Crippen LogP contribution in [0.25, 0.3) is 0 Å². The van der Waals surface area contributed by atoms with Crippen molar-refractivity contribution in [3.63, 3.8) is 0 Å². The lowest BCUT2D eigenvalue weighted by atomic mass is 10.0. The molecule has 1 aromatic carbocycles. The maximum Gasteiger partial charge on any atom is 0.319 e. The number of fused-ring (bicyclic) bond motifs is 1. The van der Waals surface area contributed by atoms with Gasteiger partial charge in [-0.05, 0) is 39.8 Å². The number of rotatable bonds is 4. The van der Waals surface area contributed by atoms with Gasteiger partial charge in [-0.3, -0.25) is 0 Å². The molecule has 0 saturated carbocycles. The smallest absolute Gasteiger partial charge is 0.319 e. The van der Waals surface area contributed by atoms with E-state index in [0.717, 1.165) is 0 Å². The third-order valence-corrected chi connectivity index (χ3v) is 5.11. The van der Waals surface area contributed by atoms with E-state index in [0.29, 0.717) is 18.0 Å². The lowest BCUT2D eigenvalue weighted by Gasteiger charge is -2.29. The first-order chi connectivity index (χ1) is 13.7. The minimum absolute atomic E-state index is 0.354. The molecule has 2 amide bonds. The molecule has 2 N–H and O–H groups in total. The highest BCUT2D eigenvalue weighted by atomic mass is 16.8. The fourth-order valence-corrected chi connectivity index (χ4v) is 3.91. The number of carbonyl (C=O) groups is 1. The minimum Gasteiger partial charge on any atom is -0.497 e. The number of methoxy groups -OCH3 is 1. The fourth-order valence-electron chi connectivity index (χ4n) is 3.91. The quantitative estimate of drug-likeness (QED) is 0.788. The molecule has 3 saturated heterocycles. The van der Waals surface area contributed by atoms with Crippen LogP contribution in [0.2, 0.25) is 0 Å². The van der Waals surface area contributed by atoms with Crippen LogP contribution in [0, 0.1) is 0 Å². The van der Waals surface area contributed by atoms with Crippen molar-refractivity contribution in [3.8, 4) is 5.75 Å². The van der Waals surface area contributed by atoms with Crippen LogP contribution in [-0.4, -0.2) is 62.0 Å². The van der Waals surface area contributed by atoms with Crippen LogP contribution in [0.3, 0.4) is 0 Å². The van der Waals surface area contributed by atoms with Gasteiger partial charge in [-0.1, -0.05) is 6.07 Å². The summed E-state index contributed by atoms with van der Waals surface area (Å²) in [6.07, 6.45) is -1.88. The summed E-state index contributed by atoms with van der Waals surface area (Å²) in [4.78, 5) is 12.7. The summed E-state index contributed by atoms with van der Waals surface area (Å²) in [6.45, 7) is 7.68. The van der Waals surface area contributed by atoms with Gasteiger partial charge in [-0.15, -0.1) is 0 Å². The van der Waals surface area contributed by atoms with Gasteiger partial charge in [-0.2, -0.15) is 0 Å². The SMILES string of the molecule is COc1cccc(NC(=O)N[C@H]2[C@H]3OC(C)(C)O[C@H]3O[C@@H]2[C@H]2COC(C)(C)O2)c1. The van der Waals surface area contributed by atoms with Crippen molar-refractivity contribution in [1.29, 1.82) is 0 Å². The van der Waals surface area contributed by atoms with Crippen LogP contribution in [0.15, 0.2) is 24.3 Å². The van der Waals surface area contributed by atoms with Crippen molar-refractivity contribution in [1.82, 2.24) is 5.32 Å². The van der Waals surface area contributed by atoms with Crippen LogP contribution >= 0.6 is 0 Å². The Bertz CT molecular complexity index is 769. The zero-order valence-electron chi connectivity index (χ0n) is 17.3. The largest absolute Gasteiger partial charge is 0.497 e. The average molecular weight is 408 g/mol. The van der Waals surface area contributed by atoms with Gasteiger partial charge in [0, 0.05) is 11.8 Å². The molecule has 1 aromatic rings. The Kier molecular flexibility index (Phi) is 5.20. The lowest BCUT2D eigenvalue weighted by molar-refractivity contribution is -0.223. The second-order valence-corrected chi connectivity index (χ2v) is 8.29.